The van der Waals surface area contributed by atoms with Gasteiger partial charge in [-0.1, -0.05) is 36.4 Å². The van der Waals surface area contributed by atoms with Gasteiger partial charge < -0.3 is 4.18 Å². The SMILES string of the molecule is O=C(OOc1ccccc1)SOc1ccccc1. The maximum Gasteiger partial charge on any atom is 0.451 e. The minimum absolute atomic E-state index is 0.450. The van der Waals surface area contributed by atoms with Crippen LogP contribution in [-0.4, -0.2) is 5.30 Å². The fraction of sp³-hybridized carbons (Fsp3) is 0. The van der Waals surface area contributed by atoms with Gasteiger partial charge in [-0.2, -0.15) is 0 Å². The van der Waals surface area contributed by atoms with Gasteiger partial charge in [0.05, 0.1) is 0 Å². The first-order valence-corrected chi connectivity index (χ1v) is 5.92. The van der Waals surface area contributed by atoms with E-state index in [0.717, 1.165) is 0 Å². The van der Waals surface area contributed by atoms with E-state index in [4.69, 9.17) is 9.07 Å². The molecular weight excluding hydrogens is 252 g/mol. The second-order valence-electron chi connectivity index (χ2n) is 3.21. The van der Waals surface area contributed by atoms with Crippen LogP contribution in [-0.2, 0) is 4.89 Å². The van der Waals surface area contributed by atoms with Crippen LogP contribution in [0.25, 0.3) is 0 Å². The van der Waals surface area contributed by atoms with Crippen molar-refractivity contribution in [2.45, 2.75) is 0 Å². The van der Waals surface area contributed by atoms with Crippen LogP contribution in [0.1, 0.15) is 0 Å². The summed E-state index contributed by atoms with van der Waals surface area (Å²) in [5.41, 5.74) is 0. The maximum atomic E-state index is 11.3. The zero-order valence-corrected chi connectivity index (χ0v) is 10.1. The Morgan fingerprint density at radius 2 is 1.39 bits per heavy atom. The van der Waals surface area contributed by atoms with Gasteiger partial charge in [-0.3, -0.25) is 4.89 Å². The zero-order chi connectivity index (χ0) is 12.6. The third-order valence-corrected chi connectivity index (χ3v) is 2.38. The normalized spacial score (nSPS) is 9.56. The Morgan fingerprint density at radius 1 is 0.833 bits per heavy atom. The van der Waals surface area contributed by atoms with Crippen LogP contribution < -0.4 is 9.07 Å². The van der Waals surface area contributed by atoms with Gasteiger partial charge in [-0.25, -0.2) is 9.68 Å². The van der Waals surface area contributed by atoms with Crippen molar-refractivity contribution in [3.63, 3.8) is 0 Å². The van der Waals surface area contributed by atoms with Crippen molar-refractivity contribution in [1.29, 1.82) is 0 Å². The highest BCUT2D eigenvalue weighted by atomic mass is 32.2. The van der Waals surface area contributed by atoms with Crippen LogP contribution in [0, 0.1) is 0 Å². The Balaban J connectivity index is 1.73. The van der Waals surface area contributed by atoms with Gasteiger partial charge in [0.25, 0.3) is 0 Å². The van der Waals surface area contributed by atoms with E-state index >= 15 is 0 Å². The third-order valence-electron chi connectivity index (χ3n) is 1.90. The Hall–Kier alpha value is -2.14. The van der Waals surface area contributed by atoms with E-state index in [1.807, 2.05) is 24.3 Å². The summed E-state index contributed by atoms with van der Waals surface area (Å²) in [6, 6.07) is 17.7. The van der Waals surface area contributed by atoms with Crippen LogP contribution in [0.15, 0.2) is 60.7 Å². The molecule has 2 rings (SSSR count). The molecule has 0 N–H and O–H groups in total. The highest BCUT2D eigenvalue weighted by molar-refractivity contribution is 8.09. The van der Waals surface area contributed by atoms with E-state index in [9.17, 15) is 4.79 Å². The van der Waals surface area contributed by atoms with Crippen LogP contribution in [0.2, 0.25) is 0 Å². The first-order chi connectivity index (χ1) is 8.84. The first kappa shape index (κ1) is 12.3. The predicted molar refractivity (Wildman–Crippen MR) is 68.2 cm³/mol. The lowest BCUT2D eigenvalue weighted by Crippen LogP contribution is -2.03. The Bertz CT molecular complexity index is 441. The Labute approximate surface area is 109 Å². The summed E-state index contributed by atoms with van der Waals surface area (Å²) >= 11 is 0.563. The number of rotatable bonds is 4. The van der Waals surface area contributed by atoms with E-state index in [-0.39, 0.29) is 0 Å². The molecule has 0 saturated heterocycles. The average molecular weight is 262 g/mol. The molecule has 0 aliphatic rings. The average Bonchev–Trinajstić information content (AvgIpc) is 2.45. The van der Waals surface area contributed by atoms with E-state index in [0.29, 0.717) is 23.5 Å². The van der Waals surface area contributed by atoms with E-state index in [1.165, 1.54) is 0 Å². The van der Waals surface area contributed by atoms with Crippen LogP contribution in [0.4, 0.5) is 4.79 Å². The minimum Gasteiger partial charge on any atom is -0.414 e. The molecule has 4 nitrogen and oxygen atoms in total. The number of hydrogen-bond donors (Lipinski definition) is 0. The van der Waals surface area contributed by atoms with Crippen molar-refractivity contribution in [2.24, 2.45) is 0 Å². The third kappa shape index (κ3) is 4.03. The van der Waals surface area contributed by atoms with Gasteiger partial charge in [-0.15, -0.1) is 0 Å². The fourth-order valence-electron chi connectivity index (χ4n) is 1.13. The molecule has 2 aromatic carbocycles. The smallest absolute Gasteiger partial charge is 0.414 e. The van der Waals surface area contributed by atoms with Crippen molar-refractivity contribution in [3.05, 3.63) is 60.7 Å². The van der Waals surface area contributed by atoms with E-state index in [2.05, 4.69) is 4.89 Å². The van der Waals surface area contributed by atoms with Crippen molar-refractivity contribution in [1.82, 2.24) is 0 Å². The fourth-order valence-corrected chi connectivity index (χ4v) is 1.47. The molecule has 0 atom stereocenters. The number of para-hydroxylation sites is 2. The molecule has 0 spiro atoms. The van der Waals surface area contributed by atoms with Gasteiger partial charge in [0.2, 0.25) is 0 Å². The molecule has 0 aromatic heterocycles. The summed E-state index contributed by atoms with van der Waals surface area (Å²) < 4.78 is 5.12. The monoisotopic (exact) mass is 262 g/mol. The summed E-state index contributed by atoms with van der Waals surface area (Å²) in [6.07, 6.45) is 0. The van der Waals surface area contributed by atoms with Crippen molar-refractivity contribution in [2.75, 3.05) is 0 Å². The second-order valence-corrected chi connectivity index (χ2v) is 3.88. The molecule has 0 bridgehead atoms. The largest absolute Gasteiger partial charge is 0.451 e. The summed E-state index contributed by atoms with van der Waals surface area (Å²) in [4.78, 5) is 20.6. The topological polar surface area (TPSA) is 44.8 Å². The first-order valence-electron chi connectivity index (χ1n) is 5.18. The molecule has 0 aliphatic carbocycles. The predicted octanol–water partition coefficient (Wildman–Crippen LogP) is 3.84. The summed E-state index contributed by atoms with van der Waals surface area (Å²) in [5, 5.41) is -0.678. The molecule has 5 heteroatoms. The van der Waals surface area contributed by atoms with Crippen molar-refractivity contribution >= 4 is 17.3 Å². The second kappa shape index (κ2) is 6.56. The van der Waals surface area contributed by atoms with E-state index in [1.54, 1.807) is 36.4 Å². The van der Waals surface area contributed by atoms with Crippen molar-refractivity contribution in [3.8, 4) is 11.5 Å². The van der Waals surface area contributed by atoms with Gasteiger partial charge in [0.1, 0.15) is 5.75 Å². The molecule has 92 valence electrons. The molecule has 2 aromatic rings. The summed E-state index contributed by atoms with van der Waals surface area (Å²) in [7, 11) is 0. The quantitative estimate of drug-likeness (QED) is 0.476. The minimum atomic E-state index is -0.678. The van der Waals surface area contributed by atoms with Crippen LogP contribution >= 0.6 is 12.0 Å². The standard InChI is InChI=1S/C13H10O4S/c14-13(16-15-11-7-3-1-4-8-11)18-17-12-9-5-2-6-10-12/h1-10H. The molecule has 0 unspecified atom stereocenters. The Morgan fingerprint density at radius 3 is 2.00 bits per heavy atom. The lowest BCUT2D eigenvalue weighted by Gasteiger charge is -2.04. The zero-order valence-electron chi connectivity index (χ0n) is 9.31. The van der Waals surface area contributed by atoms with Crippen molar-refractivity contribution < 1.29 is 18.8 Å². The van der Waals surface area contributed by atoms with Gasteiger partial charge in [0.15, 0.2) is 17.8 Å². The molecule has 0 heterocycles. The summed E-state index contributed by atoms with van der Waals surface area (Å²) in [6.45, 7) is 0. The summed E-state index contributed by atoms with van der Waals surface area (Å²) in [5.74, 6) is 1.02. The number of carbonyl (C=O) groups excluding carboxylic acids is 1. The highest BCUT2D eigenvalue weighted by Gasteiger charge is 2.08. The van der Waals surface area contributed by atoms with Gasteiger partial charge in [-0.05, 0) is 24.3 Å². The molecular formula is C13H10O4S. The van der Waals surface area contributed by atoms with Crippen LogP contribution in [0.5, 0.6) is 11.5 Å². The molecule has 18 heavy (non-hydrogen) atoms. The van der Waals surface area contributed by atoms with E-state index < -0.39 is 5.30 Å². The highest BCUT2D eigenvalue weighted by Crippen LogP contribution is 2.17. The molecule has 0 saturated carbocycles. The van der Waals surface area contributed by atoms with Crippen LogP contribution in [0.3, 0.4) is 0 Å². The maximum absolute atomic E-state index is 11.3. The lowest BCUT2D eigenvalue weighted by molar-refractivity contribution is -0.130. The molecule has 0 amide bonds. The number of benzene rings is 2. The van der Waals surface area contributed by atoms with Gasteiger partial charge in [0, 0.05) is 0 Å². The number of carbonyl (C=O) groups is 1. The molecule has 0 radical (unpaired) electrons. The number of hydrogen-bond acceptors (Lipinski definition) is 5. The Kier molecular flexibility index (Phi) is 4.49. The molecule has 0 aliphatic heterocycles. The van der Waals surface area contributed by atoms with Gasteiger partial charge >= 0.3 is 5.30 Å². The lowest BCUT2D eigenvalue weighted by atomic mass is 10.3. The molecule has 0 fully saturated rings.